The third kappa shape index (κ3) is 2.81. The predicted molar refractivity (Wildman–Crippen MR) is 48.7 cm³/mol. The van der Waals surface area contributed by atoms with E-state index in [1.54, 1.807) is 0 Å². The van der Waals surface area contributed by atoms with Gasteiger partial charge >= 0.3 is 8.80 Å². The first-order valence-electron chi connectivity index (χ1n) is 3.31. The van der Waals surface area contributed by atoms with E-state index in [4.69, 9.17) is 19.0 Å². The van der Waals surface area contributed by atoms with E-state index in [1.165, 1.54) is 18.8 Å². The summed E-state index contributed by atoms with van der Waals surface area (Å²) in [6, 6.07) is 0. The van der Waals surface area contributed by atoms with Crippen molar-refractivity contribution >= 4 is 8.80 Å². The molecular weight excluding hydrogens is 174 g/mol. The lowest BCUT2D eigenvalue weighted by Crippen LogP contribution is -2.49. The monoisotopic (exact) mass is 187 g/mol. The third-order valence-electron chi connectivity index (χ3n) is 1.04. The summed E-state index contributed by atoms with van der Waals surface area (Å²) in [5.41, 5.74) is 5.41. The first-order chi connectivity index (χ1) is 5.74. The van der Waals surface area contributed by atoms with Crippen molar-refractivity contribution in [2.75, 3.05) is 6.17 Å². The molecule has 0 amide bonds. The van der Waals surface area contributed by atoms with Gasteiger partial charge in [0.05, 0.1) is 18.8 Å². The molecule has 0 radical (unpaired) electrons. The average Bonchev–Trinajstić information content (AvgIpc) is 2.06. The Balaban J connectivity index is 4.35. The van der Waals surface area contributed by atoms with Gasteiger partial charge in [-0.15, -0.1) is 0 Å². The molecule has 0 atom stereocenters. The standard InChI is InChI=1S/C7H13NO3Si/c1-4-9-12(7-8,10-5-2)11-6-3/h4-6H,1-3,7-8H2. The van der Waals surface area contributed by atoms with Crippen molar-refractivity contribution in [2.24, 2.45) is 5.73 Å². The summed E-state index contributed by atoms with van der Waals surface area (Å²) in [7, 11) is -2.85. The van der Waals surface area contributed by atoms with E-state index in [9.17, 15) is 0 Å². The summed E-state index contributed by atoms with van der Waals surface area (Å²) in [6.07, 6.45) is 3.82. The van der Waals surface area contributed by atoms with Gasteiger partial charge in [0.15, 0.2) is 0 Å². The van der Waals surface area contributed by atoms with Crippen molar-refractivity contribution < 1.29 is 13.3 Å². The number of nitrogens with two attached hydrogens (primary N) is 1. The van der Waals surface area contributed by atoms with E-state index in [-0.39, 0.29) is 6.17 Å². The second-order valence-electron chi connectivity index (χ2n) is 1.74. The Morgan fingerprint density at radius 2 is 1.33 bits per heavy atom. The van der Waals surface area contributed by atoms with Crippen LogP contribution < -0.4 is 5.73 Å². The van der Waals surface area contributed by atoms with Gasteiger partial charge in [-0.1, -0.05) is 19.7 Å². The quantitative estimate of drug-likeness (QED) is 0.475. The molecule has 0 fully saturated rings. The Kier molecular flexibility index (Phi) is 4.90. The number of hydrogen-bond donors (Lipinski definition) is 1. The van der Waals surface area contributed by atoms with Gasteiger partial charge < -0.3 is 19.0 Å². The molecule has 4 nitrogen and oxygen atoms in total. The fourth-order valence-corrected chi connectivity index (χ4v) is 1.83. The Morgan fingerprint density at radius 1 is 1.00 bits per heavy atom. The van der Waals surface area contributed by atoms with Crippen LogP contribution in [-0.2, 0) is 13.3 Å². The molecule has 0 aromatic rings. The minimum absolute atomic E-state index is 0.136. The summed E-state index contributed by atoms with van der Waals surface area (Å²) < 4.78 is 15.2. The lowest BCUT2D eigenvalue weighted by Gasteiger charge is -2.23. The van der Waals surface area contributed by atoms with Crippen LogP contribution in [0.15, 0.2) is 38.5 Å². The van der Waals surface area contributed by atoms with Crippen LogP contribution in [0, 0.1) is 0 Å². The van der Waals surface area contributed by atoms with Crippen molar-refractivity contribution in [2.45, 2.75) is 0 Å². The maximum absolute atomic E-state index is 5.41. The van der Waals surface area contributed by atoms with Crippen molar-refractivity contribution in [1.29, 1.82) is 0 Å². The molecule has 5 heteroatoms. The van der Waals surface area contributed by atoms with E-state index >= 15 is 0 Å². The minimum Gasteiger partial charge on any atom is -0.490 e. The molecule has 0 unspecified atom stereocenters. The van der Waals surface area contributed by atoms with Crippen LogP contribution in [0.3, 0.4) is 0 Å². The Hall–Kier alpha value is -1.20. The van der Waals surface area contributed by atoms with E-state index < -0.39 is 8.80 Å². The third-order valence-corrected chi connectivity index (χ3v) is 3.12. The normalized spacial score (nSPS) is 9.75. The highest BCUT2D eigenvalue weighted by molar-refractivity contribution is 6.61. The molecule has 68 valence electrons. The number of rotatable bonds is 7. The highest BCUT2D eigenvalue weighted by Gasteiger charge is 2.44. The lowest BCUT2D eigenvalue weighted by atomic mass is 11.2. The summed E-state index contributed by atoms with van der Waals surface area (Å²) in [4.78, 5) is 0. The van der Waals surface area contributed by atoms with Crippen molar-refractivity contribution in [3.63, 3.8) is 0 Å². The fraction of sp³-hybridized carbons (Fsp3) is 0.143. The van der Waals surface area contributed by atoms with Crippen molar-refractivity contribution in [3.05, 3.63) is 38.5 Å². The van der Waals surface area contributed by atoms with Gasteiger partial charge in [0.25, 0.3) is 0 Å². The highest BCUT2D eigenvalue weighted by Crippen LogP contribution is 2.08. The Morgan fingerprint density at radius 3 is 1.50 bits per heavy atom. The maximum atomic E-state index is 5.41. The summed E-state index contributed by atoms with van der Waals surface area (Å²) in [5.74, 6) is 0. The zero-order valence-corrected chi connectivity index (χ0v) is 7.86. The number of hydrogen-bond acceptors (Lipinski definition) is 4. The van der Waals surface area contributed by atoms with Gasteiger partial charge in [-0.3, -0.25) is 0 Å². The van der Waals surface area contributed by atoms with E-state index in [0.29, 0.717) is 0 Å². The molecule has 0 aromatic carbocycles. The van der Waals surface area contributed by atoms with Gasteiger partial charge in [0, 0.05) is 0 Å². The smallest absolute Gasteiger partial charge is 0.490 e. The van der Waals surface area contributed by atoms with Gasteiger partial charge in [-0.25, -0.2) is 0 Å². The molecule has 2 N–H and O–H groups in total. The molecule has 0 aromatic heterocycles. The fourth-order valence-electron chi connectivity index (χ4n) is 0.609. The van der Waals surface area contributed by atoms with Crippen LogP contribution in [-0.4, -0.2) is 15.0 Å². The molecule has 12 heavy (non-hydrogen) atoms. The van der Waals surface area contributed by atoms with Crippen molar-refractivity contribution in [3.8, 4) is 0 Å². The topological polar surface area (TPSA) is 53.7 Å². The molecule has 0 bridgehead atoms. The van der Waals surface area contributed by atoms with Crippen LogP contribution in [0.2, 0.25) is 0 Å². The van der Waals surface area contributed by atoms with Gasteiger partial charge in [-0.2, -0.15) is 0 Å². The summed E-state index contributed by atoms with van der Waals surface area (Å²) in [5, 5.41) is 0. The summed E-state index contributed by atoms with van der Waals surface area (Å²) >= 11 is 0. The molecule has 0 heterocycles. The molecule has 0 saturated carbocycles. The second kappa shape index (κ2) is 5.45. The van der Waals surface area contributed by atoms with E-state index in [0.717, 1.165) is 0 Å². The largest absolute Gasteiger partial charge is 0.712 e. The van der Waals surface area contributed by atoms with Gasteiger partial charge in [0.2, 0.25) is 0 Å². The van der Waals surface area contributed by atoms with Gasteiger partial charge in [0.1, 0.15) is 6.17 Å². The SMILES string of the molecule is C=CO[Si](CN)(OC=C)OC=C. The molecule has 0 spiro atoms. The Bertz CT molecular complexity index is 146. The van der Waals surface area contributed by atoms with Crippen LogP contribution in [0.25, 0.3) is 0 Å². The minimum atomic E-state index is -2.85. The van der Waals surface area contributed by atoms with E-state index in [1.807, 2.05) is 0 Å². The Labute approximate surface area is 73.3 Å². The van der Waals surface area contributed by atoms with Crippen LogP contribution in [0.5, 0.6) is 0 Å². The molecule has 0 aliphatic heterocycles. The molecular formula is C7H13NO3Si. The lowest BCUT2D eigenvalue weighted by molar-refractivity contribution is 0.183. The van der Waals surface area contributed by atoms with Crippen molar-refractivity contribution in [1.82, 2.24) is 0 Å². The second-order valence-corrected chi connectivity index (χ2v) is 4.22. The van der Waals surface area contributed by atoms with Crippen LogP contribution in [0.4, 0.5) is 0 Å². The zero-order valence-electron chi connectivity index (χ0n) is 6.86. The average molecular weight is 187 g/mol. The molecule has 0 aliphatic rings. The van der Waals surface area contributed by atoms with Crippen LogP contribution in [0.1, 0.15) is 0 Å². The first kappa shape index (κ1) is 10.8. The summed E-state index contributed by atoms with van der Waals surface area (Å²) in [6.45, 7) is 10.2. The highest BCUT2D eigenvalue weighted by atomic mass is 28.4. The predicted octanol–water partition coefficient (Wildman–Crippen LogP) is 0.904. The van der Waals surface area contributed by atoms with Crippen LogP contribution >= 0.6 is 0 Å². The molecule has 0 rings (SSSR count). The molecule has 0 aliphatic carbocycles. The van der Waals surface area contributed by atoms with Gasteiger partial charge in [-0.05, 0) is 0 Å². The van der Waals surface area contributed by atoms with E-state index in [2.05, 4.69) is 19.7 Å². The maximum Gasteiger partial charge on any atom is 0.712 e. The molecule has 0 saturated heterocycles. The zero-order chi connectivity index (χ0) is 9.45. The first-order valence-corrected chi connectivity index (χ1v) is 5.24.